The molecule has 0 saturated heterocycles. The summed E-state index contributed by atoms with van der Waals surface area (Å²) in [5.74, 6) is 0. The van der Waals surface area contributed by atoms with Crippen molar-refractivity contribution in [3.05, 3.63) is 233 Å². The molecule has 0 aromatic heterocycles. The Morgan fingerprint density at radius 2 is 0.857 bits per heavy atom. The summed E-state index contributed by atoms with van der Waals surface area (Å²) in [6, 6.07) is 52.9. The van der Waals surface area contributed by atoms with Crippen molar-refractivity contribution in [2.75, 3.05) is 4.90 Å². The van der Waals surface area contributed by atoms with Crippen LogP contribution < -0.4 is 4.90 Å². The SMILES string of the molecule is [2H]c1c([2H])c([2H])c2c(c1[2H])-c1c([2H])c([2H])c(N(c3ccc(-c4ccccc4)cc3)c3ccc(C4(c5ccccc5)c5ccccc5-c5ccccc54)cc3)c([2H])c1C(C)(C)C2(C)C. The zero-order valence-electron chi connectivity index (χ0n) is 39.0. The quantitative estimate of drug-likeness (QED) is 0.165. The van der Waals surface area contributed by atoms with E-state index in [1.165, 1.54) is 22.3 Å². The Labute approximate surface area is 341 Å². The van der Waals surface area contributed by atoms with Crippen LogP contribution in [-0.2, 0) is 16.2 Å². The van der Waals surface area contributed by atoms with Crippen LogP contribution in [0.5, 0.6) is 0 Å². The lowest BCUT2D eigenvalue weighted by molar-refractivity contribution is 0.299. The molecule has 1 heteroatoms. The molecule has 0 radical (unpaired) electrons. The van der Waals surface area contributed by atoms with Crippen LogP contribution in [0.25, 0.3) is 33.4 Å². The lowest BCUT2D eigenvalue weighted by atomic mass is 9.55. The molecular formula is C55H45N. The van der Waals surface area contributed by atoms with E-state index in [0.717, 1.165) is 22.3 Å². The summed E-state index contributed by atoms with van der Waals surface area (Å²) < 4.78 is 65.2. The predicted molar refractivity (Wildman–Crippen MR) is 235 cm³/mol. The molecule has 0 fully saturated rings. The van der Waals surface area contributed by atoms with Crippen LogP contribution in [0.15, 0.2) is 200 Å². The van der Waals surface area contributed by atoms with E-state index in [1.807, 2.05) is 81.1 Å². The van der Waals surface area contributed by atoms with E-state index in [2.05, 4.69) is 109 Å². The van der Waals surface area contributed by atoms with Gasteiger partial charge < -0.3 is 4.90 Å². The van der Waals surface area contributed by atoms with Gasteiger partial charge in [0.1, 0.15) is 0 Å². The maximum Gasteiger partial charge on any atom is 0.0713 e. The average molecular weight is 727 g/mol. The largest absolute Gasteiger partial charge is 0.310 e. The fourth-order valence-electron chi connectivity index (χ4n) is 9.17. The third-order valence-electron chi connectivity index (χ3n) is 12.7. The number of nitrogens with zero attached hydrogens (tertiary/aromatic N) is 1. The van der Waals surface area contributed by atoms with E-state index in [-0.39, 0.29) is 53.1 Å². The van der Waals surface area contributed by atoms with Crippen molar-refractivity contribution in [1.82, 2.24) is 0 Å². The first-order valence-corrected chi connectivity index (χ1v) is 19.3. The number of fused-ring (bicyclic) bond motifs is 6. The topological polar surface area (TPSA) is 3.24 Å². The highest BCUT2D eigenvalue weighted by molar-refractivity contribution is 5.88. The molecule has 0 N–H and O–H groups in total. The fourth-order valence-corrected chi connectivity index (χ4v) is 9.17. The highest BCUT2D eigenvalue weighted by atomic mass is 15.1. The number of hydrogen-bond donors (Lipinski definition) is 0. The lowest BCUT2D eigenvalue weighted by Crippen LogP contribution is -2.43. The standard InChI is InChI=1S/C55H45N/c1-53(2)49-24-14-11-21-45(49)48-36-35-44(37-52(48)54(53,3)4)56(42-31-27-39(28-32-42)38-17-7-5-8-18-38)43-33-29-41(30-34-43)55(40-19-9-6-10-20-40)50-25-15-12-22-46(50)47-23-13-16-26-51(47)55/h5-37H,1-4H3/i11D,14D,21D,24D,35D,36D,37D. The summed E-state index contributed by atoms with van der Waals surface area (Å²) in [6.45, 7) is 7.87. The molecule has 1 nitrogen and oxygen atoms in total. The molecule has 0 heterocycles. The normalized spacial score (nSPS) is 17.0. The highest BCUT2D eigenvalue weighted by Crippen LogP contribution is 2.57. The molecule has 0 spiro atoms. The van der Waals surface area contributed by atoms with Gasteiger partial charge in [-0.25, -0.2) is 0 Å². The van der Waals surface area contributed by atoms with Crippen LogP contribution in [0.2, 0.25) is 0 Å². The second-order valence-electron chi connectivity index (χ2n) is 16.0. The highest BCUT2D eigenvalue weighted by Gasteiger charge is 2.47. The van der Waals surface area contributed by atoms with Crippen LogP contribution in [0.3, 0.4) is 0 Å². The molecule has 10 rings (SSSR count). The van der Waals surface area contributed by atoms with Gasteiger partial charge in [-0.2, -0.15) is 0 Å². The van der Waals surface area contributed by atoms with E-state index in [9.17, 15) is 4.11 Å². The summed E-state index contributed by atoms with van der Waals surface area (Å²) in [5, 5.41) is 0. The Morgan fingerprint density at radius 1 is 0.375 bits per heavy atom. The van der Waals surface area contributed by atoms with Crippen molar-refractivity contribution >= 4 is 17.1 Å². The minimum atomic E-state index is -0.902. The molecule has 0 saturated carbocycles. The molecule has 0 unspecified atom stereocenters. The number of rotatable bonds is 6. The van der Waals surface area contributed by atoms with E-state index in [1.54, 1.807) is 0 Å². The number of anilines is 3. The fraction of sp³-hybridized carbons (Fsp3) is 0.127. The van der Waals surface area contributed by atoms with Crippen LogP contribution in [0.1, 0.15) is 70.7 Å². The monoisotopic (exact) mass is 726 g/mol. The summed E-state index contributed by atoms with van der Waals surface area (Å²) >= 11 is 0. The smallest absolute Gasteiger partial charge is 0.0713 e. The summed E-state index contributed by atoms with van der Waals surface area (Å²) in [7, 11) is 0. The van der Waals surface area contributed by atoms with Crippen LogP contribution >= 0.6 is 0 Å². The molecule has 2 aliphatic carbocycles. The molecular weight excluding hydrogens is 675 g/mol. The van der Waals surface area contributed by atoms with Crippen molar-refractivity contribution in [1.29, 1.82) is 0 Å². The zero-order valence-corrected chi connectivity index (χ0v) is 32.0. The molecule has 8 aromatic carbocycles. The Kier molecular flexibility index (Phi) is 6.22. The van der Waals surface area contributed by atoms with Gasteiger partial charge in [0.05, 0.1) is 15.0 Å². The predicted octanol–water partition coefficient (Wildman–Crippen LogP) is 14.4. The maximum absolute atomic E-state index is 10.2. The third kappa shape index (κ3) is 4.93. The third-order valence-corrected chi connectivity index (χ3v) is 12.7. The van der Waals surface area contributed by atoms with Crippen molar-refractivity contribution in [2.24, 2.45) is 0 Å². The molecule has 56 heavy (non-hydrogen) atoms. The zero-order chi connectivity index (χ0) is 44.2. The van der Waals surface area contributed by atoms with Crippen molar-refractivity contribution in [2.45, 2.75) is 43.9 Å². The van der Waals surface area contributed by atoms with E-state index in [4.69, 9.17) is 5.48 Å². The van der Waals surface area contributed by atoms with Gasteiger partial charge in [-0.05, 0) is 114 Å². The van der Waals surface area contributed by atoms with E-state index >= 15 is 0 Å². The first kappa shape index (κ1) is 27.2. The van der Waals surface area contributed by atoms with Gasteiger partial charge in [0, 0.05) is 17.1 Å². The molecule has 0 atom stereocenters. The van der Waals surface area contributed by atoms with Crippen molar-refractivity contribution < 1.29 is 9.60 Å². The van der Waals surface area contributed by atoms with Gasteiger partial charge in [-0.1, -0.05) is 191 Å². The van der Waals surface area contributed by atoms with Gasteiger partial charge >= 0.3 is 0 Å². The van der Waals surface area contributed by atoms with E-state index < -0.39 is 22.3 Å². The van der Waals surface area contributed by atoms with Gasteiger partial charge in [0.2, 0.25) is 0 Å². The minimum Gasteiger partial charge on any atom is -0.310 e. The Bertz CT molecular complexity index is 3080. The Balaban J connectivity index is 1.23. The second kappa shape index (κ2) is 12.8. The molecule has 2 aliphatic rings. The summed E-state index contributed by atoms with van der Waals surface area (Å²) in [5.41, 5.74) is 9.53. The first-order chi connectivity index (χ1) is 30.2. The molecule has 0 aliphatic heterocycles. The van der Waals surface area contributed by atoms with Crippen LogP contribution in [-0.4, -0.2) is 0 Å². The first-order valence-electron chi connectivity index (χ1n) is 22.8. The van der Waals surface area contributed by atoms with Crippen molar-refractivity contribution in [3.63, 3.8) is 0 Å². The molecule has 0 amide bonds. The van der Waals surface area contributed by atoms with E-state index in [0.29, 0.717) is 22.5 Å². The maximum atomic E-state index is 10.2. The van der Waals surface area contributed by atoms with Crippen LogP contribution in [0, 0.1) is 0 Å². The Hall–Kier alpha value is -6.44. The lowest BCUT2D eigenvalue weighted by Gasteiger charge is -2.48. The molecule has 270 valence electrons. The van der Waals surface area contributed by atoms with Gasteiger partial charge in [-0.15, -0.1) is 0 Å². The average Bonchev–Trinajstić information content (AvgIpc) is 3.61. The number of hydrogen-bond acceptors (Lipinski definition) is 1. The minimum absolute atomic E-state index is 0.0396. The number of benzene rings is 8. The van der Waals surface area contributed by atoms with Crippen LogP contribution in [0.4, 0.5) is 17.1 Å². The molecule has 8 aromatic rings. The summed E-state index contributed by atoms with van der Waals surface area (Å²) in [4.78, 5) is 1.91. The summed E-state index contributed by atoms with van der Waals surface area (Å²) in [6.07, 6.45) is 0. The van der Waals surface area contributed by atoms with Gasteiger partial charge in [0.25, 0.3) is 0 Å². The Morgan fingerprint density at radius 3 is 1.50 bits per heavy atom. The molecule has 0 bridgehead atoms. The second-order valence-corrected chi connectivity index (χ2v) is 16.0. The van der Waals surface area contributed by atoms with Crippen molar-refractivity contribution in [3.8, 4) is 33.4 Å². The van der Waals surface area contributed by atoms with Gasteiger partial charge in [-0.3, -0.25) is 0 Å². The van der Waals surface area contributed by atoms with Gasteiger partial charge in [0.15, 0.2) is 0 Å².